The number of para-hydroxylation sites is 1. The van der Waals surface area contributed by atoms with E-state index in [1.807, 2.05) is 30.3 Å². The molecule has 0 atom stereocenters. The topological polar surface area (TPSA) is 60.9 Å². The molecule has 0 saturated heterocycles. The van der Waals surface area contributed by atoms with Crippen molar-refractivity contribution in [2.75, 3.05) is 13.2 Å². The molecule has 0 fully saturated rings. The Bertz CT molecular complexity index is 1080. The van der Waals surface area contributed by atoms with Crippen molar-refractivity contribution in [2.45, 2.75) is 46.7 Å². The maximum absolute atomic E-state index is 12.9. The molecular formula is C25H30ClNO4. The predicted octanol–water partition coefficient (Wildman–Crippen LogP) is 0.631. The second-order valence-corrected chi connectivity index (χ2v) is 8.20. The van der Waals surface area contributed by atoms with Crippen LogP contribution in [0, 0.1) is 6.92 Å². The number of hydrogen-bond acceptors (Lipinski definition) is 4. The molecule has 0 aliphatic heterocycles. The van der Waals surface area contributed by atoms with Crippen LogP contribution in [0.3, 0.4) is 0 Å². The quantitative estimate of drug-likeness (QED) is 0.544. The molecule has 0 unspecified atom stereocenters. The standard InChI is InChI=1S/C25H29NO4.ClH/c1-16(2)26(17(3)4)14-15-29-25(28)21-13-9-12-20-22(27)18(5)23(30-24(20)21)19-10-7-6-8-11-19;/h6-13,16-17H,14-15H2,1-5H3;1H. The summed E-state index contributed by atoms with van der Waals surface area (Å²) in [5.41, 5.74) is 1.73. The van der Waals surface area contributed by atoms with Gasteiger partial charge in [0.1, 0.15) is 24.5 Å². The summed E-state index contributed by atoms with van der Waals surface area (Å²) >= 11 is 0. The minimum Gasteiger partial charge on any atom is -1.00 e. The fourth-order valence-electron chi connectivity index (χ4n) is 3.92. The molecule has 1 N–H and O–H groups in total. The van der Waals surface area contributed by atoms with Crippen molar-refractivity contribution in [2.24, 2.45) is 0 Å². The fourth-order valence-corrected chi connectivity index (χ4v) is 3.92. The van der Waals surface area contributed by atoms with Crippen molar-refractivity contribution in [1.82, 2.24) is 0 Å². The molecule has 166 valence electrons. The predicted molar refractivity (Wildman–Crippen MR) is 119 cm³/mol. The minimum absolute atomic E-state index is 0. The molecule has 0 amide bonds. The number of fused-ring (bicyclic) bond motifs is 1. The van der Waals surface area contributed by atoms with Gasteiger partial charge in [-0.25, -0.2) is 4.79 Å². The molecule has 1 heterocycles. The number of halogens is 1. The SMILES string of the molecule is Cc1c(-c2ccccc2)oc2c(C(=O)OCC[NH+](C(C)C)C(C)C)cccc2c1=O.[Cl-]. The van der Waals surface area contributed by atoms with Gasteiger partial charge in [-0.2, -0.15) is 0 Å². The molecule has 5 nitrogen and oxygen atoms in total. The molecule has 0 bridgehead atoms. The average molecular weight is 444 g/mol. The van der Waals surface area contributed by atoms with E-state index in [-0.39, 0.29) is 29.0 Å². The van der Waals surface area contributed by atoms with Gasteiger partial charge in [0.25, 0.3) is 0 Å². The van der Waals surface area contributed by atoms with Crippen molar-refractivity contribution < 1.29 is 31.3 Å². The zero-order chi connectivity index (χ0) is 21.8. The van der Waals surface area contributed by atoms with Gasteiger partial charge in [-0.1, -0.05) is 36.4 Å². The van der Waals surface area contributed by atoms with Gasteiger partial charge >= 0.3 is 5.97 Å². The molecule has 0 radical (unpaired) electrons. The number of carbonyl (C=O) groups is 1. The summed E-state index contributed by atoms with van der Waals surface area (Å²) in [7, 11) is 0. The number of ether oxygens (including phenoxy) is 1. The summed E-state index contributed by atoms with van der Waals surface area (Å²) in [4.78, 5) is 27.1. The molecule has 0 spiro atoms. The molecule has 0 aliphatic carbocycles. The smallest absolute Gasteiger partial charge is 0.342 e. The number of esters is 1. The second kappa shape index (κ2) is 10.6. The zero-order valence-corrected chi connectivity index (χ0v) is 19.5. The fraction of sp³-hybridized carbons (Fsp3) is 0.360. The third kappa shape index (κ3) is 5.35. The highest BCUT2D eigenvalue weighted by Gasteiger charge is 2.21. The Morgan fingerprint density at radius 2 is 1.65 bits per heavy atom. The second-order valence-electron chi connectivity index (χ2n) is 8.20. The first-order valence-corrected chi connectivity index (χ1v) is 10.5. The van der Waals surface area contributed by atoms with E-state index in [1.54, 1.807) is 25.1 Å². The van der Waals surface area contributed by atoms with E-state index in [4.69, 9.17) is 9.15 Å². The maximum Gasteiger partial charge on any atom is 0.342 e. The summed E-state index contributed by atoms with van der Waals surface area (Å²) < 4.78 is 11.7. The lowest BCUT2D eigenvalue weighted by molar-refractivity contribution is -0.942. The number of nitrogens with one attached hydrogen (secondary N) is 1. The van der Waals surface area contributed by atoms with Gasteiger partial charge in [-0.05, 0) is 46.8 Å². The Morgan fingerprint density at radius 1 is 1.00 bits per heavy atom. The van der Waals surface area contributed by atoms with Gasteiger partial charge in [0.15, 0.2) is 11.0 Å². The largest absolute Gasteiger partial charge is 1.00 e. The number of rotatable bonds is 7. The molecule has 3 aromatic rings. The van der Waals surface area contributed by atoms with Gasteiger partial charge in [0.05, 0.1) is 17.5 Å². The summed E-state index contributed by atoms with van der Waals surface area (Å²) in [6.07, 6.45) is 0. The van der Waals surface area contributed by atoms with Crippen LogP contribution in [0.1, 0.15) is 43.6 Å². The molecule has 31 heavy (non-hydrogen) atoms. The number of hydrogen-bond donors (Lipinski definition) is 1. The van der Waals surface area contributed by atoms with Crippen LogP contribution >= 0.6 is 0 Å². The number of quaternary nitrogens is 1. The van der Waals surface area contributed by atoms with Crippen molar-refractivity contribution in [3.63, 3.8) is 0 Å². The first kappa shape index (κ1) is 24.6. The maximum atomic E-state index is 12.9. The molecule has 1 aromatic heterocycles. The molecule has 6 heteroatoms. The molecule has 0 aliphatic rings. The number of carbonyl (C=O) groups excluding carboxylic acids is 1. The van der Waals surface area contributed by atoms with E-state index in [2.05, 4.69) is 27.7 Å². The highest BCUT2D eigenvalue weighted by Crippen LogP contribution is 2.27. The monoisotopic (exact) mass is 443 g/mol. The zero-order valence-electron chi connectivity index (χ0n) is 18.7. The van der Waals surface area contributed by atoms with Gasteiger partial charge in [0.2, 0.25) is 0 Å². The van der Waals surface area contributed by atoms with E-state index in [1.165, 1.54) is 4.90 Å². The van der Waals surface area contributed by atoms with Crippen LogP contribution in [0.2, 0.25) is 0 Å². The molecular weight excluding hydrogens is 414 g/mol. The Hall–Kier alpha value is -2.63. The Labute approximate surface area is 189 Å². The Kier molecular flexibility index (Phi) is 8.43. The van der Waals surface area contributed by atoms with E-state index in [9.17, 15) is 9.59 Å². The van der Waals surface area contributed by atoms with Gasteiger partial charge in [0, 0.05) is 11.1 Å². The lowest BCUT2D eigenvalue weighted by Gasteiger charge is -2.27. The van der Waals surface area contributed by atoms with E-state index < -0.39 is 5.97 Å². The first-order chi connectivity index (χ1) is 14.3. The van der Waals surface area contributed by atoms with Crippen molar-refractivity contribution in [3.8, 4) is 11.3 Å². The van der Waals surface area contributed by atoms with Crippen LogP contribution in [-0.4, -0.2) is 31.2 Å². The van der Waals surface area contributed by atoms with Crippen LogP contribution in [0.25, 0.3) is 22.3 Å². The van der Waals surface area contributed by atoms with Crippen LogP contribution in [0.4, 0.5) is 0 Å². The highest BCUT2D eigenvalue weighted by molar-refractivity contribution is 6.02. The summed E-state index contributed by atoms with van der Waals surface area (Å²) in [6.45, 7) is 11.4. The summed E-state index contributed by atoms with van der Waals surface area (Å²) in [6, 6.07) is 15.3. The van der Waals surface area contributed by atoms with Crippen molar-refractivity contribution in [1.29, 1.82) is 0 Å². The molecule has 3 rings (SSSR count). The Balaban J connectivity index is 0.00000341. The minimum atomic E-state index is -0.474. The lowest BCUT2D eigenvalue weighted by Crippen LogP contribution is -3.18. The van der Waals surface area contributed by atoms with Gasteiger partial charge < -0.3 is 26.5 Å². The van der Waals surface area contributed by atoms with E-state index in [0.29, 0.717) is 35.4 Å². The first-order valence-electron chi connectivity index (χ1n) is 10.5. The van der Waals surface area contributed by atoms with E-state index in [0.717, 1.165) is 12.1 Å². The third-order valence-electron chi connectivity index (χ3n) is 5.51. The number of benzene rings is 2. The van der Waals surface area contributed by atoms with Crippen LogP contribution < -0.4 is 22.7 Å². The van der Waals surface area contributed by atoms with Crippen LogP contribution in [0.5, 0.6) is 0 Å². The van der Waals surface area contributed by atoms with Crippen LogP contribution in [-0.2, 0) is 4.74 Å². The summed E-state index contributed by atoms with van der Waals surface area (Å²) in [5, 5.41) is 0.387. The third-order valence-corrected chi connectivity index (χ3v) is 5.51. The van der Waals surface area contributed by atoms with Gasteiger partial charge in [-0.3, -0.25) is 4.79 Å². The van der Waals surface area contributed by atoms with Crippen LogP contribution in [0.15, 0.2) is 57.7 Å². The average Bonchev–Trinajstić information content (AvgIpc) is 2.73. The summed E-state index contributed by atoms with van der Waals surface area (Å²) in [5.74, 6) is 0.00191. The lowest BCUT2D eigenvalue weighted by atomic mass is 10.0. The van der Waals surface area contributed by atoms with Gasteiger partial charge in [-0.15, -0.1) is 0 Å². The molecule has 0 saturated carbocycles. The van der Waals surface area contributed by atoms with Crippen molar-refractivity contribution in [3.05, 3.63) is 69.9 Å². The Morgan fingerprint density at radius 3 is 2.26 bits per heavy atom. The van der Waals surface area contributed by atoms with E-state index >= 15 is 0 Å². The van der Waals surface area contributed by atoms with Crippen molar-refractivity contribution >= 4 is 16.9 Å². The highest BCUT2D eigenvalue weighted by atomic mass is 35.5. The normalized spacial score (nSPS) is 11.2. The molecule has 2 aromatic carbocycles.